The van der Waals surface area contributed by atoms with Crippen LogP contribution in [-0.4, -0.2) is 91.8 Å². The standard InChI is InChI=1S/C29H29ClN4O6/c30-22-12-23-27(33-29(31-23)40-21-11-24(37)25(14-35)39-15-21)32-26(22)18-5-1-16(2-6-18)17-3-7-19(8-4-17)28(38)34-10-9-20(36)13-34/h1-8,12,20-21,24-25,35-37H,9-11,13-15H2,(H,31,32,33)/t20-,21-,24+,25-/m1/s1. The van der Waals surface area contributed by atoms with Crippen molar-refractivity contribution >= 4 is 28.7 Å². The van der Waals surface area contributed by atoms with E-state index in [-0.39, 0.29) is 25.1 Å². The predicted octanol–water partition coefficient (Wildman–Crippen LogP) is 3.04. The van der Waals surface area contributed by atoms with Crippen molar-refractivity contribution < 1.29 is 29.6 Å². The molecule has 0 saturated carbocycles. The summed E-state index contributed by atoms with van der Waals surface area (Å²) >= 11 is 6.58. The molecule has 1 amide bonds. The largest absolute Gasteiger partial charge is 0.459 e. The number of carbonyl (C=O) groups excluding carboxylic acids is 1. The number of β-amino-alcohol motifs (C(OH)–C–C–N with tert-alkyl or cyclic N) is 1. The first-order chi connectivity index (χ1) is 19.4. The zero-order valence-corrected chi connectivity index (χ0v) is 22.3. The second-order valence-electron chi connectivity index (χ2n) is 10.2. The summed E-state index contributed by atoms with van der Waals surface area (Å²) in [5.41, 5.74) is 5.00. The van der Waals surface area contributed by atoms with E-state index in [9.17, 15) is 20.1 Å². The smallest absolute Gasteiger partial charge is 0.296 e. The summed E-state index contributed by atoms with van der Waals surface area (Å²) in [6, 6.07) is 17.3. The molecular formula is C29H29ClN4O6. The molecule has 10 nitrogen and oxygen atoms in total. The van der Waals surface area contributed by atoms with Crippen LogP contribution in [0.25, 0.3) is 33.5 Å². The number of likely N-dealkylation sites (tertiary alicyclic amines) is 1. The number of aliphatic hydroxyl groups is 3. The van der Waals surface area contributed by atoms with E-state index in [0.29, 0.717) is 53.4 Å². The van der Waals surface area contributed by atoms with E-state index < -0.39 is 24.4 Å². The Bertz CT molecular complexity index is 1510. The number of H-pyrrole nitrogens is 1. The van der Waals surface area contributed by atoms with Crippen LogP contribution in [-0.2, 0) is 4.74 Å². The van der Waals surface area contributed by atoms with Gasteiger partial charge < -0.3 is 34.7 Å². The van der Waals surface area contributed by atoms with Crippen LogP contribution in [0, 0.1) is 0 Å². The monoisotopic (exact) mass is 564 g/mol. The van der Waals surface area contributed by atoms with Gasteiger partial charge in [-0.1, -0.05) is 48.0 Å². The van der Waals surface area contributed by atoms with Gasteiger partial charge in [-0.3, -0.25) is 4.79 Å². The van der Waals surface area contributed by atoms with Crippen LogP contribution in [0.4, 0.5) is 0 Å². The number of benzene rings is 2. The van der Waals surface area contributed by atoms with Crippen molar-refractivity contribution in [3.8, 4) is 28.4 Å². The third-order valence-electron chi connectivity index (χ3n) is 7.37. The molecule has 0 bridgehead atoms. The number of aromatic amines is 1. The Labute approximate surface area is 235 Å². The highest BCUT2D eigenvalue weighted by molar-refractivity contribution is 6.33. The average molecular weight is 565 g/mol. The van der Waals surface area contributed by atoms with Gasteiger partial charge in [0.15, 0.2) is 5.65 Å². The molecule has 6 rings (SSSR count). The minimum atomic E-state index is -0.819. The quantitative estimate of drug-likeness (QED) is 0.280. The van der Waals surface area contributed by atoms with E-state index in [1.165, 1.54) is 0 Å². The van der Waals surface area contributed by atoms with Crippen molar-refractivity contribution in [3.63, 3.8) is 0 Å². The van der Waals surface area contributed by atoms with Gasteiger partial charge in [0, 0.05) is 30.6 Å². The van der Waals surface area contributed by atoms with Crippen LogP contribution < -0.4 is 4.74 Å². The van der Waals surface area contributed by atoms with Crippen molar-refractivity contribution in [3.05, 3.63) is 65.2 Å². The van der Waals surface area contributed by atoms with Gasteiger partial charge in [0.1, 0.15) is 12.2 Å². The van der Waals surface area contributed by atoms with Crippen LogP contribution in [0.15, 0.2) is 54.6 Å². The van der Waals surface area contributed by atoms with E-state index in [0.717, 1.165) is 16.7 Å². The molecule has 2 aromatic carbocycles. The highest BCUT2D eigenvalue weighted by Crippen LogP contribution is 2.32. The van der Waals surface area contributed by atoms with E-state index in [2.05, 4.69) is 15.0 Å². The first-order valence-corrected chi connectivity index (χ1v) is 13.6. The first-order valence-electron chi connectivity index (χ1n) is 13.2. The number of nitrogens with zero attached hydrogens (tertiary/aromatic N) is 3. The third-order valence-corrected chi connectivity index (χ3v) is 7.66. The lowest BCUT2D eigenvalue weighted by molar-refractivity contribution is -0.131. The van der Waals surface area contributed by atoms with Gasteiger partial charge in [0.25, 0.3) is 11.9 Å². The number of ether oxygens (including phenoxy) is 2. The number of hydrogen-bond acceptors (Lipinski definition) is 8. The van der Waals surface area contributed by atoms with Gasteiger partial charge in [0.2, 0.25) is 0 Å². The van der Waals surface area contributed by atoms with E-state index in [4.69, 9.17) is 21.1 Å². The van der Waals surface area contributed by atoms with Crippen LogP contribution in [0.2, 0.25) is 5.02 Å². The number of carbonyl (C=O) groups is 1. The molecule has 2 aliphatic rings. The second kappa shape index (κ2) is 11.1. The predicted molar refractivity (Wildman–Crippen MR) is 148 cm³/mol. The maximum Gasteiger partial charge on any atom is 0.296 e. The Balaban J connectivity index is 1.16. The van der Waals surface area contributed by atoms with Gasteiger partial charge in [0.05, 0.1) is 41.7 Å². The Morgan fingerprint density at radius 3 is 2.42 bits per heavy atom. The molecule has 2 aliphatic heterocycles. The third kappa shape index (κ3) is 5.41. The van der Waals surface area contributed by atoms with Crippen molar-refractivity contribution in [1.82, 2.24) is 19.9 Å². The SMILES string of the molecule is O=C(c1ccc(-c2ccc(-c3nc4nc(O[C@H]5CO[C@H](CO)[C@@H](O)C5)[nH]c4cc3Cl)cc2)cc1)N1CC[C@@H](O)C1. The molecule has 2 fully saturated rings. The summed E-state index contributed by atoms with van der Waals surface area (Å²) in [5, 5.41) is 29.5. The summed E-state index contributed by atoms with van der Waals surface area (Å²) in [6.07, 6.45) is -1.35. The van der Waals surface area contributed by atoms with Crippen molar-refractivity contribution in [2.24, 2.45) is 0 Å². The highest BCUT2D eigenvalue weighted by Gasteiger charge is 2.31. The lowest BCUT2D eigenvalue weighted by Crippen LogP contribution is -2.45. The maximum absolute atomic E-state index is 12.7. The fourth-order valence-electron chi connectivity index (χ4n) is 5.13. The molecule has 4 N–H and O–H groups in total. The lowest BCUT2D eigenvalue weighted by atomic mass is 10.0. The number of nitrogens with one attached hydrogen (secondary N) is 1. The van der Waals surface area contributed by atoms with E-state index in [1.807, 2.05) is 48.5 Å². The number of hydrogen-bond donors (Lipinski definition) is 4. The zero-order chi connectivity index (χ0) is 27.8. The van der Waals surface area contributed by atoms with Crippen LogP contribution in [0.1, 0.15) is 23.2 Å². The highest BCUT2D eigenvalue weighted by atomic mass is 35.5. The number of rotatable bonds is 6. The summed E-state index contributed by atoms with van der Waals surface area (Å²) in [6.45, 7) is 0.933. The van der Waals surface area contributed by atoms with Crippen LogP contribution in [0.3, 0.4) is 0 Å². The molecule has 0 spiro atoms. The maximum atomic E-state index is 12.7. The normalized spacial score (nSPS) is 23.1. The van der Waals surface area contributed by atoms with Gasteiger partial charge in [-0.05, 0) is 35.7 Å². The molecule has 4 aromatic rings. The summed E-state index contributed by atoms with van der Waals surface area (Å²) < 4.78 is 11.3. The topological polar surface area (TPSA) is 141 Å². The number of fused-ring (bicyclic) bond motifs is 1. The molecule has 208 valence electrons. The summed E-state index contributed by atoms with van der Waals surface area (Å²) in [7, 11) is 0. The number of halogens is 1. The molecule has 2 saturated heterocycles. The molecule has 4 atom stereocenters. The van der Waals surface area contributed by atoms with E-state index >= 15 is 0 Å². The van der Waals surface area contributed by atoms with E-state index in [1.54, 1.807) is 11.0 Å². The number of amides is 1. The van der Waals surface area contributed by atoms with Crippen molar-refractivity contribution in [2.75, 3.05) is 26.3 Å². The number of aliphatic hydroxyl groups excluding tert-OH is 3. The van der Waals surface area contributed by atoms with Crippen LogP contribution >= 0.6 is 11.6 Å². The molecule has 0 unspecified atom stereocenters. The molecule has 4 heterocycles. The minimum absolute atomic E-state index is 0.0681. The first kappa shape index (κ1) is 26.7. The zero-order valence-electron chi connectivity index (χ0n) is 21.5. The molecule has 2 aromatic heterocycles. The second-order valence-corrected chi connectivity index (χ2v) is 10.6. The number of aromatic nitrogens is 3. The molecule has 40 heavy (non-hydrogen) atoms. The van der Waals surface area contributed by atoms with Gasteiger partial charge in [-0.15, -0.1) is 0 Å². The Morgan fingerprint density at radius 2 is 1.77 bits per heavy atom. The summed E-state index contributed by atoms with van der Waals surface area (Å²) in [5.74, 6) is -0.0681. The van der Waals surface area contributed by atoms with Crippen LogP contribution in [0.5, 0.6) is 6.01 Å². The van der Waals surface area contributed by atoms with Gasteiger partial charge in [-0.2, -0.15) is 4.98 Å². The fraction of sp³-hybridized carbons (Fsp3) is 0.345. The van der Waals surface area contributed by atoms with Gasteiger partial charge in [-0.25, -0.2) is 4.98 Å². The number of imidazole rings is 1. The Kier molecular flexibility index (Phi) is 7.43. The number of pyridine rings is 1. The van der Waals surface area contributed by atoms with Crippen molar-refractivity contribution in [2.45, 2.75) is 37.3 Å². The fourth-order valence-corrected chi connectivity index (χ4v) is 5.39. The molecule has 0 aliphatic carbocycles. The Morgan fingerprint density at radius 1 is 1.07 bits per heavy atom. The molecule has 11 heteroatoms. The van der Waals surface area contributed by atoms with Crippen molar-refractivity contribution in [1.29, 1.82) is 0 Å². The Hall–Kier alpha value is -3.54. The minimum Gasteiger partial charge on any atom is -0.459 e. The summed E-state index contributed by atoms with van der Waals surface area (Å²) in [4.78, 5) is 26.5. The van der Waals surface area contributed by atoms with Gasteiger partial charge >= 0.3 is 0 Å². The molecule has 0 radical (unpaired) electrons. The molecular weight excluding hydrogens is 536 g/mol. The average Bonchev–Trinajstić information content (AvgIpc) is 3.57. The lowest BCUT2D eigenvalue weighted by Gasteiger charge is -2.31.